The van der Waals surface area contributed by atoms with E-state index in [0.29, 0.717) is 35.3 Å². The molecule has 0 unspecified atom stereocenters. The third kappa shape index (κ3) is 4.24. The predicted octanol–water partition coefficient (Wildman–Crippen LogP) is 3.25. The molecule has 5 heteroatoms. The number of esters is 1. The second-order valence-electron chi connectivity index (χ2n) is 5.35. The lowest BCUT2D eigenvalue weighted by Gasteiger charge is -2.18. The highest BCUT2D eigenvalue weighted by Gasteiger charge is 2.18. The number of amides is 1. The number of hydrogen-bond donors (Lipinski definition) is 0. The van der Waals surface area contributed by atoms with Crippen molar-refractivity contribution in [1.82, 2.24) is 4.90 Å². The molecule has 0 spiro atoms. The van der Waals surface area contributed by atoms with E-state index in [1.54, 1.807) is 47.4 Å². The normalized spacial score (nSPS) is 9.96. The molecular formula is C20H20N2O3. The van der Waals surface area contributed by atoms with Crippen molar-refractivity contribution in [1.29, 1.82) is 5.26 Å². The first-order valence-electron chi connectivity index (χ1n) is 8.15. The van der Waals surface area contributed by atoms with Crippen LogP contribution in [0.1, 0.15) is 29.8 Å². The lowest BCUT2D eigenvalue weighted by Crippen LogP contribution is -2.34. The molecule has 0 bridgehead atoms. The van der Waals surface area contributed by atoms with Gasteiger partial charge >= 0.3 is 5.97 Å². The van der Waals surface area contributed by atoms with Crippen LogP contribution in [0.3, 0.4) is 0 Å². The first-order chi connectivity index (χ1) is 12.1. The SMILES string of the molecule is CCN(CC)C(=O)COC(=O)c1ccccc1-c1ccccc1C#N. The molecule has 0 aliphatic rings. The fraction of sp³-hybridized carbons (Fsp3) is 0.250. The Labute approximate surface area is 147 Å². The zero-order valence-electron chi connectivity index (χ0n) is 14.4. The average molecular weight is 336 g/mol. The summed E-state index contributed by atoms with van der Waals surface area (Å²) in [5, 5.41) is 9.28. The van der Waals surface area contributed by atoms with Crippen molar-refractivity contribution in [3.8, 4) is 17.2 Å². The van der Waals surface area contributed by atoms with E-state index < -0.39 is 5.97 Å². The largest absolute Gasteiger partial charge is 0.452 e. The maximum Gasteiger partial charge on any atom is 0.339 e. The summed E-state index contributed by atoms with van der Waals surface area (Å²) < 4.78 is 5.20. The van der Waals surface area contributed by atoms with Crippen LogP contribution in [-0.4, -0.2) is 36.5 Å². The number of carbonyl (C=O) groups is 2. The molecule has 0 saturated carbocycles. The summed E-state index contributed by atoms with van der Waals surface area (Å²) >= 11 is 0. The van der Waals surface area contributed by atoms with Gasteiger partial charge < -0.3 is 9.64 Å². The molecule has 0 N–H and O–H groups in total. The average Bonchev–Trinajstić information content (AvgIpc) is 2.67. The quantitative estimate of drug-likeness (QED) is 0.759. The maximum atomic E-state index is 12.5. The third-order valence-corrected chi connectivity index (χ3v) is 3.93. The minimum absolute atomic E-state index is 0.228. The summed E-state index contributed by atoms with van der Waals surface area (Å²) in [6.45, 7) is 4.58. The molecule has 0 saturated heterocycles. The fourth-order valence-corrected chi connectivity index (χ4v) is 2.58. The van der Waals surface area contributed by atoms with Gasteiger partial charge in [-0.05, 0) is 31.5 Å². The van der Waals surface area contributed by atoms with Crippen molar-refractivity contribution in [2.24, 2.45) is 0 Å². The Morgan fingerprint density at radius 2 is 1.60 bits per heavy atom. The summed E-state index contributed by atoms with van der Waals surface area (Å²) in [7, 11) is 0. The maximum absolute atomic E-state index is 12.5. The van der Waals surface area contributed by atoms with Gasteiger partial charge in [0.2, 0.25) is 0 Å². The van der Waals surface area contributed by atoms with Gasteiger partial charge in [-0.1, -0.05) is 36.4 Å². The molecule has 0 atom stereocenters. The van der Waals surface area contributed by atoms with Gasteiger partial charge in [-0.3, -0.25) is 4.79 Å². The van der Waals surface area contributed by atoms with E-state index in [0.717, 1.165) is 0 Å². The summed E-state index contributed by atoms with van der Waals surface area (Å²) in [6, 6.07) is 16.1. The van der Waals surface area contributed by atoms with E-state index in [-0.39, 0.29) is 12.5 Å². The number of benzene rings is 2. The number of likely N-dealkylation sites (N-methyl/N-ethyl adjacent to an activating group) is 1. The van der Waals surface area contributed by atoms with Crippen molar-refractivity contribution in [3.63, 3.8) is 0 Å². The summed E-state index contributed by atoms with van der Waals surface area (Å²) in [5.74, 6) is -0.808. The van der Waals surface area contributed by atoms with Crippen LogP contribution in [0, 0.1) is 11.3 Å². The monoisotopic (exact) mass is 336 g/mol. The Balaban J connectivity index is 2.25. The topological polar surface area (TPSA) is 70.4 Å². The van der Waals surface area contributed by atoms with Crippen molar-refractivity contribution >= 4 is 11.9 Å². The highest BCUT2D eigenvalue weighted by molar-refractivity contribution is 5.98. The lowest BCUT2D eigenvalue weighted by molar-refractivity contribution is -0.134. The fourth-order valence-electron chi connectivity index (χ4n) is 2.58. The van der Waals surface area contributed by atoms with E-state index in [1.807, 2.05) is 19.9 Å². The van der Waals surface area contributed by atoms with E-state index in [9.17, 15) is 14.9 Å². The number of nitriles is 1. The number of hydrogen-bond acceptors (Lipinski definition) is 4. The number of carbonyl (C=O) groups excluding carboxylic acids is 2. The first-order valence-corrected chi connectivity index (χ1v) is 8.15. The van der Waals surface area contributed by atoms with Crippen LogP contribution in [0.15, 0.2) is 48.5 Å². The van der Waals surface area contributed by atoms with Crippen LogP contribution in [-0.2, 0) is 9.53 Å². The zero-order valence-corrected chi connectivity index (χ0v) is 14.4. The van der Waals surface area contributed by atoms with E-state index in [2.05, 4.69) is 6.07 Å². The Hall–Kier alpha value is -3.13. The van der Waals surface area contributed by atoms with Gasteiger partial charge in [0.25, 0.3) is 5.91 Å². The molecule has 25 heavy (non-hydrogen) atoms. The van der Waals surface area contributed by atoms with Crippen molar-refractivity contribution < 1.29 is 14.3 Å². The number of rotatable bonds is 6. The third-order valence-electron chi connectivity index (χ3n) is 3.93. The van der Waals surface area contributed by atoms with Crippen molar-refractivity contribution in [2.75, 3.05) is 19.7 Å². The smallest absolute Gasteiger partial charge is 0.339 e. The Morgan fingerprint density at radius 1 is 1.00 bits per heavy atom. The van der Waals surface area contributed by atoms with Gasteiger partial charge in [-0.15, -0.1) is 0 Å². The molecule has 0 fully saturated rings. The van der Waals surface area contributed by atoms with Crippen LogP contribution in [0.5, 0.6) is 0 Å². The van der Waals surface area contributed by atoms with E-state index >= 15 is 0 Å². The van der Waals surface area contributed by atoms with Crippen molar-refractivity contribution in [2.45, 2.75) is 13.8 Å². The summed E-state index contributed by atoms with van der Waals surface area (Å²) in [4.78, 5) is 26.1. The molecule has 0 heterocycles. The highest BCUT2D eigenvalue weighted by atomic mass is 16.5. The van der Waals surface area contributed by atoms with Gasteiger partial charge in [0, 0.05) is 18.7 Å². The van der Waals surface area contributed by atoms with Gasteiger partial charge in [0.15, 0.2) is 6.61 Å². The van der Waals surface area contributed by atoms with Crippen molar-refractivity contribution in [3.05, 3.63) is 59.7 Å². The van der Waals surface area contributed by atoms with Gasteiger partial charge in [-0.2, -0.15) is 5.26 Å². The molecule has 2 aromatic rings. The molecule has 2 rings (SSSR count). The zero-order chi connectivity index (χ0) is 18.2. The number of ether oxygens (including phenoxy) is 1. The van der Waals surface area contributed by atoms with Crippen LogP contribution in [0.2, 0.25) is 0 Å². The molecule has 5 nitrogen and oxygen atoms in total. The number of nitrogens with zero attached hydrogens (tertiary/aromatic N) is 2. The minimum atomic E-state index is -0.580. The molecule has 0 aliphatic heterocycles. The second kappa shape index (κ2) is 8.65. The second-order valence-corrected chi connectivity index (χ2v) is 5.35. The molecule has 0 aliphatic carbocycles. The molecular weight excluding hydrogens is 316 g/mol. The predicted molar refractivity (Wildman–Crippen MR) is 94.8 cm³/mol. The van der Waals surface area contributed by atoms with Gasteiger partial charge in [0.1, 0.15) is 0 Å². The Morgan fingerprint density at radius 3 is 2.24 bits per heavy atom. The van der Waals surface area contributed by atoms with Crippen LogP contribution in [0.4, 0.5) is 0 Å². The van der Waals surface area contributed by atoms with Crippen LogP contribution >= 0.6 is 0 Å². The summed E-state index contributed by atoms with van der Waals surface area (Å²) in [6.07, 6.45) is 0. The molecule has 1 amide bonds. The van der Waals surface area contributed by atoms with Crippen LogP contribution < -0.4 is 0 Å². The molecule has 128 valence electrons. The van der Waals surface area contributed by atoms with E-state index in [1.165, 1.54) is 0 Å². The van der Waals surface area contributed by atoms with Crippen LogP contribution in [0.25, 0.3) is 11.1 Å². The summed E-state index contributed by atoms with van der Waals surface area (Å²) in [5.41, 5.74) is 2.08. The standard InChI is InChI=1S/C20H20N2O3/c1-3-22(4-2)19(23)14-25-20(24)18-12-8-7-11-17(18)16-10-6-5-9-15(16)13-21/h5-12H,3-4,14H2,1-2H3. The molecule has 2 aromatic carbocycles. The molecule has 0 radical (unpaired) electrons. The first kappa shape index (κ1) is 18.2. The van der Waals surface area contributed by atoms with E-state index in [4.69, 9.17) is 4.74 Å². The Kier molecular flexibility index (Phi) is 6.30. The highest BCUT2D eigenvalue weighted by Crippen LogP contribution is 2.27. The molecule has 0 aromatic heterocycles. The lowest BCUT2D eigenvalue weighted by atomic mass is 9.96. The Bertz CT molecular complexity index is 805. The van der Waals surface area contributed by atoms with Gasteiger partial charge in [0.05, 0.1) is 17.2 Å². The minimum Gasteiger partial charge on any atom is -0.452 e. The van der Waals surface area contributed by atoms with Gasteiger partial charge in [-0.25, -0.2) is 4.79 Å².